The van der Waals surface area contributed by atoms with Crippen molar-refractivity contribution in [3.8, 4) is 5.75 Å². The number of aryl methyl sites for hydroxylation is 1. The summed E-state index contributed by atoms with van der Waals surface area (Å²) >= 11 is 0. The summed E-state index contributed by atoms with van der Waals surface area (Å²) in [5.74, 6) is -2.46. The van der Waals surface area contributed by atoms with Gasteiger partial charge < -0.3 is 10.1 Å². The monoisotopic (exact) mass is 361 g/mol. The molecule has 0 aliphatic rings. The highest BCUT2D eigenvalue weighted by Gasteiger charge is 2.17. The van der Waals surface area contributed by atoms with Crippen molar-refractivity contribution < 1.29 is 17.9 Å². The molecular formula is C19H18F3N3O. The molecule has 1 N–H and O–H groups in total. The van der Waals surface area contributed by atoms with Crippen molar-refractivity contribution in [3.63, 3.8) is 0 Å². The highest BCUT2D eigenvalue weighted by Crippen LogP contribution is 2.27. The van der Waals surface area contributed by atoms with Gasteiger partial charge in [0.05, 0.1) is 12.5 Å². The van der Waals surface area contributed by atoms with E-state index in [2.05, 4.69) is 15.3 Å². The molecule has 0 aliphatic heterocycles. The normalized spacial score (nSPS) is 11.0. The highest BCUT2D eigenvalue weighted by atomic mass is 19.2. The Labute approximate surface area is 149 Å². The second-order valence-electron chi connectivity index (χ2n) is 5.78. The predicted octanol–water partition coefficient (Wildman–Crippen LogP) is 4.27. The molecule has 26 heavy (non-hydrogen) atoms. The highest BCUT2D eigenvalue weighted by molar-refractivity contribution is 5.89. The number of methoxy groups -OCH3 is 1. The predicted molar refractivity (Wildman–Crippen MR) is 94.0 cm³/mol. The number of halogens is 3. The molecule has 0 fully saturated rings. The van der Waals surface area contributed by atoms with Gasteiger partial charge in [0.2, 0.25) is 0 Å². The lowest BCUT2D eigenvalue weighted by Gasteiger charge is -2.11. The van der Waals surface area contributed by atoms with Gasteiger partial charge in [-0.15, -0.1) is 0 Å². The first-order valence-electron chi connectivity index (χ1n) is 8.23. The van der Waals surface area contributed by atoms with E-state index >= 15 is 0 Å². The van der Waals surface area contributed by atoms with Crippen molar-refractivity contribution in [2.45, 2.75) is 19.8 Å². The Kier molecular flexibility index (Phi) is 5.25. The summed E-state index contributed by atoms with van der Waals surface area (Å²) in [6, 6.07) is 6.37. The number of hydrogen-bond donors (Lipinski definition) is 1. The third kappa shape index (κ3) is 3.42. The lowest BCUT2D eigenvalue weighted by atomic mass is 10.1. The zero-order chi connectivity index (χ0) is 18.7. The van der Waals surface area contributed by atoms with Gasteiger partial charge in [-0.25, -0.2) is 23.1 Å². The van der Waals surface area contributed by atoms with Crippen molar-refractivity contribution >= 4 is 16.7 Å². The van der Waals surface area contributed by atoms with Gasteiger partial charge >= 0.3 is 0 Å². The molecule has 0 bridgehead atoms. The fourth-order valence-electron chi connectivity index (χ4n) is 2.86. The second kappa shape index (κ2) is 7.59. The Hall–Kier alpha value is -2.83. The first kappa shape index (κ1) is 18.0. The van der Waals surface area contributed by atoms with E-state index in [0.29, 0.717) is 19.0 Å². The zero-order valence-electron chi connectivity index (χ0n) is 14.4. The fraction of sp³-hybridized carbons (Fsp3) is 0.263. The Morgan fingerprint density at radius 2 is 1.88 bits per heavy atom. The van der Waals surface area contributed by atoms with Crippen LogP contribution in [0.5, 0.6) is 5.75 Å². The van der Waals surface area contributed by atoms with E-state index in [1.165, 1.54) is 0 Å². The van der Waals surface area contributed by atoms with Gasteiger partial charge in [0.15, 0.2) is 17.5 Å². The number of fused-ring (bicyclic) bond motifs is 1. The van der Waals surface area contributed by atoms with Gasteiger partial charge in [-0.05, 0) is 30.0 Å². The summed E-state index contributed by atoms with van der Waals surface area (Å²) < 4.78 is 46.7. The summed E-state index contributed by atoms with van der Waals surface area (Å²) in [6.45, 7) is 2.46. The van der Waals surface area contributed by atoms with E-state index in [9.17, 15) is 13.2 Å². The average Bonchev–Trinajstić information content (AvgIpc) is 2.66. The van der Waals surface area contributed by atoms with E-state index in [4.69, 9.17) is 4.74 Å². The molecule has 3 aromatic rings. The smallest absolute Gasteiger partial charge is 0.172 e. The Morgan fingerprint density at radius 1 is 1.08 bits per heavy atom. The van der Waals surface area contributed by atoms with E-state index in [1.807, 2.05) is 25.1 Å². The number of nitrogens with zero attached hydrogens (tertiary/aromatic N) is 2. The maximum absolute atomic E-state index is 14.1. The van der Waals surface area contributed by atoms with Gasteiger partial charge in [0.25, 0.3) is 0 Å². The third-order valence-electron chi connectivity index (χ3n) is 4.19. The van der Waals surface area contributed by atoms with Crippen LogP contribution in [0, 0.1) is 17.5 Å². The molecule has 0 unspecified atom stereocenters. The lowest BCUT2D eigenvalue weighted by Crippen LogP contribution is -2.09. The van der Waals surface area contributed by atoms with E-state index in [1.54, 1.807) is 7.11 Å². The van der Waals surface area contributed by atoms with Crippen LogP contribution >= 0.6 is 0 Å². The molecule has 1 heterocycles. The summed E-state index contributed by atoms with van der Waals surface area (Å²) in [5, 5.41) is 2.66. The average molecular weight is 361 g/mol. The quantitative estimate of drug-likeness (QED) is 0.666. The number of aromatic nitrogens is 2. The van der Waals surface area contributed by atoms with Crippen LogP contribution in [0.25, 0.3) is 10.9 Å². The number of hydrogen-bond acceptors (Lipinski definition) is 4. The minimum Gasteiger partial charge on any atom is -0.496 e. The van der Waals surface area contributed by atoms with Crippen molar-refractivity contribution in [3.05, 3.63) is 59.2 Å². The Balaban J connectivity index is 1.81. The standard InChI is InChI=1S/C19H18F3N3O/c1-3-12-8-11(4-5-15(12)26-2)6-7-23-19-16-17(22)13(20)9-14(21)18(16)24-10-25-19/h4-5,8-10H,3,6-7H2,1-2H3,(H,23,24,25). The maximum atomic E-state index is 14.1. The number of benzene rings is 2. The third-order valence-corrected chi connectivity index (χ3v) is 4.19. The maximum Gasteiger partial charge on any atom is 0.172 e. The zero-order valence-corrected chi connectivity index (χ0v) is 14.4. The molecule has 0 amide bonds. The van der Waals surface area contributed by atoms with Crippen LogP contribution < -0.4 is 10.1 Å². The lowest BCUT2D eigenvalue weighted by molar-refractivity contribution is 0.410. The van der Waals surface area contributed by atoms with Crippen molar-refractivity contribution in [1.29, 1.82) is 0 Å². The van der Waals surface area contributed by atoms with Gasteiger partial charge in [-0.2, -0.15) is 0 Å². The first-order valence-corrected chi connectivity index (χ1v) is 8.23. The first-order chi connectivity index (χ1) is 12.5. The largest absolute Gasteiger partial charge is 0.496 e. The molecule has 0 atom stereocenters. The van der Waals surface area contributed by atoms with Crippen molar-refractivity contribution in [2.75, 3.05) is 19.0 Å². The van der Waals surface area contributed by atoms with E-state index < -0.39 is 17.5 Å². The van der Waals surface area contributed by atoms with Crippen LogP contribution in [0.15, 0.2) is 30.6 Å². The number of ether oxygens (including phenoxy) is 1. The van der Waals surface area contributed by atoms with Crippen molar-refractivity contribution in [2.24, 2.45) is 0 Å². The van der Waals surface area contributed by atoms with Crippen LogP contribution in [0.4, 0.5) is 19.0 Å². The molecule has 136 valence electrons. The van der Waals surface area contributed by atoms with Gasteiger partial charge in [-0.1, -0.05) is 19.1 Å². The molecule has 1 aromatic heterocycles. The minimum absolute atomic E-state index is 0.0649. The fourth-order valence-corrected chi connectivity index (χ4v) is 2.86. The molecule has 0 radical (unpaired) electrons. The summed E-state index contributed by atoms with van der Waals surface area (Å²) in [7, 11) is 1.63. The number of rotatable bonds is 6. The molecule has 4 nitrogen and oxygen atoms in total. The summed E-state index contributed by atoms with van der Waals surface area (Å²) in [5.41, 5.74) is 1.90. The molecule has 0 saturated carbocycles. The summed E-state index contributed by atoms with van der Waals surface area (Å²) in [6.07, 6.45) is 2.58. The number of nitrogens with one attached hydrogen (secondary N) is 1. The van der Waals surface area contributed by atoms with Crippen LogP contribution in [0.2, 0.25) is 0 Å². The molecular weight excluding hydrogens is 343 g/mol. The van der Waals surface area contributed by atoms with Gasteiger partial charge in [0, 0.05) is 12.6 Å². The van der Waals surface area contributed by atoms with Crippen LogP contribution in [0.3, 0.4) is 0 Å². The Bertz CT molecular complexity index is 947. The Morgan fingerprint density at radius 3 is 2.62 bits per heavy atom. The molecule has 7 heteroatoms. The molecule has 0 saturated heterocycles. The molecule has 3 rings (SSSR count). The van der Waals surface area contributed by atoms with E-state index in [0.717, 1.165) is 29.6 Å². The van der Waals surface area contributed by atoms with Crippen molar-refractivity contribution in [1.82, 2.24) is 9.97 Å². The van der Waals surface area contributed by atoms with Crippen LogP contribution in [-0.4, -0.2) is 23.6 Å². The van der Waals surface area contributed by atoms with Crippen LogP contribution in [0.1, 0.15) is 18.1 Å². The molecule has 2 aromatic carbocycles. The SMILES string of the molecule is CCc1cc(CCNc2ncnc3c(F)cc(F)c(F)c23)ccc1OC. The van der Waals surface area contributed by atoms with Gasteiger partial charge in [-0.3, -0.25) is 0 Å². The molecule has 0 aliphatic carbocycles. The van der Waals surface area contributed by atoms with Gasteiger partial charge in [0.1, 0.15) is 23.4 Å². The van der Waals surface area contributed by atoms with E-state index in [-0.39, 0.29) is 16.7 Å². The number of anilines is 1. The minimum atomic E-state index is -1.27. The summed E-state index contributed by atoms with van der Waals surface area (Å²) in [4.78, 5) is 7.63. The topological polar surface area (TPSA) is 47.0 Å². The molecule has 0 spiro atoms. The second-order valence-corrected chi connectivity index (χ2v) is 5.78. The van der Waals surface area contributed by atoms with Crippen LogP contribution in [-0.2, 0) is 12.8 Å².